The molecule has 0 bridgehead atoms. The number of aryl methyl sites for hydroxylation is 1. The molecular formula is C22H26ClN5. The van der Waals surface area contributed by atoms with Crippen LogP contribution in [0.15, 0.2) is 29.4 Å². The SMILES string of the molecule is Cc1ccc(Cl)c(C2=NCc3nc(N4CCC5(CCC[C@H]5N)CC4)cnc32)c1. The quantitative estimate of drug-likeness (QED) is 0.837. The highest BCUT2D eigenvalue weighted by molar-refractivity contribution is 6.35. The lowest BCUT2D eigenvalue weighted by atomic mass is 9.74. The van der Waals surface area contributed by atoms with E-state index in [1.54, 1.807) is 0 Å². The van der Waals surface area contributed by atoms with Gasteiger partial charge < -0.3 is 10.6 Å². The molecule has 2 aromatic rings. The first-order valence-electron chi connectivity index (χ1n) is 10.2. The minimum atomic E-state index is 0.360. The molecule has 5 nitrogen and oxygen atoms in total. The number of aliphatic imine (C=N–C) groups is 1. The zero-order valence-electron chi connectivity index (χ0n) is 16.3. The molecule has 1 spiro atoms. The highest BCUT2D eigenvalue weighted by atomic mass is 35.5. The Morgan fingerprint density at radius 3 is 2.79 bits per heavy atom. The van der Waals surface area contributed by atoms with E-state index in [0.29, 0.717) is 23.0 Å². The largest absolute Gasteiger partial charge is 0.355 e. The fourth-order valence-electron chi connectivity index (χ4n) is 5.11. The van der Waals surface area contributed by atoms with Crippen LogP contribution in [0, 0.1) is 12.3 Å². The van der Waals surface area contributed by atoms with Crippen molar-refractivity contribution in [2.75, 3.05) is 18.0 Å². The van der Waals surface area contributed by atoms with E-state index in [1.165, 1.54) is 19.3 Å². The third-order valence-corrected chi connectivity index (χ3v) is 7.21. The molecule has 2 aliphatic heterocycles. The van der Waals surface area contributed by atoms with Gasteiger partial charge in [-0.25, -0.2) is 9.97 Å². The van der Waals surface area contributed by atoms with E-state index in [2.05, 4.69) is 17.9 Å². The van der Waals surface area contributed by atoms with Gasteiger partial charge in [0, 0.05) is 24.7 Å². The summed E-state index contributed by atoms with van der Waals surface area (Å²) in [5.74, 6) is 0.965. The molecule has 6 heteroatoms. The second kappa shape index (κ2) is 6.82. The van der Waals surface area contributed by atoms with Crippen molar-refractivity contribution in [2.45, 2.75) is 51.6 Å². The third kappa shape index (κ3) is 2.92. The second-order valence-corrected chi connectivity index (χ2v) is 8.93. The van der Waals surface area contributed by atoms with Crippen molar-refractivity contribution in [3.63, 3.8) is 0 Å². The molecule has 1 aromatic carbocycles. The van der Waals surface area contributed by atoms with Gasteiger partial charge in [0.05, 0.1) is 29.2 Å². The third-order valence-electron chi connectivity index (χ3n) is 6.88. The van der Waals surface area contributed by atoms with Crippen molar-refractivity contribution in [1.29, 1.82) is 0 Å². The van der Waals surface area contributed by atoms with Gasteiger partial charge in [-0.2, -0.15) is 0 Å². The standard InChI is InChI=1S/C22H26ClN5/c1-14-4-5-16(23)15(11-14)20-21-17(12-25-20)27-19(13-26-21)28-9-7-22(8-10-28)6-2-3-18(22)24/h4-5,11,13,18H,2-3,6-10,12,24H2,1H3/t18-/m1/s1. The van der Waals surface area contributed by atoms with Crippen molar-refractivity contribution in [2.24, 2.45) is 16.1 Å². The topological polar surface area (TPSA) is 67.4 Å². The number of fused-ring (bicyclic) bond motifs is 1. The Bertz CT molecular complexity index is 946. The van der Waals surface area contributed by atoms with E-state index >= 15 is 0 Å². The molecule has 3 heterocycles. The van der Waals surface area contributed by atoms with Crippen LogP contribution in [0.2, 0.25) is 5.02 Å². The Morgan fingerprint density at radius 1 is 1.21 bits per heavy atom. The van der Waals surface area contributed by atoms with Crippen LogP contribution >= 0.6 is 11.6 Å². The summed E-state index contributed by atoms with van der Waals surface area (Å²) in [7, 11) is 0. The maximum atomic E-state index is 6.42. The van der Waals surface area contributed by atoms with E-state index < -0.39 is 0 Å². The van der Waals surface area contributed by atoms with Crippen LogP contribution in [0.25, 0.3) is 0 Å². The first-order chi connectivity index (χ1) is 13.6. The fraction of sp³-hybridized carbons (Fsp3) is 0.500. The monoisotopic (exact) mass is 395 g/mol. The molecule has 1 aromatic heterocycles. The van der Waals surface area contributed by atoms with E-state index in [4.69, 9.17) is 32.3 Å². The summed E-state index contributed by atoms with van der Waals surface area (Å²) in [5.41, 5.74) is 11.6. The highest BCUT2D eigenvalue weighted by Gasteiger charge is 2.43. The van der Waals surface area contributed by atoms with Gasteiger partial charge in [-0.15, -0.1) is 0 Å². The Kier molecular flexibility index (Phi) is 4.40. The Hall–Kier alpha value is -1.98. The lowest BCUT2D eigenvalue weighted by Crippen LogP contribution is -2.47. The van der Waals surface area contributed by atoms with Gasteiger partial charge in [-0.3, -0.25) is 4.99 Å². The molecule has 5 rings (SSSR count). The first-order valence-corrected chi connectivity index (χ1v) is 10.6. The Balaban J connectivity index is 1.36. The van der Waals surface area contributed by atoms with Gasteiger partial charge >= 0.3 is 0 Å². The summed E-state index contributed by atoms with van der Waals surface area (Å²) >= 11 is 6.42. The number of halogens is 1. The van der Waals surface area contributed by atoms with Crippen molar-refractivity contribution in [3.05, 3.63) is 51.9 Å². The van der Waals surface area contributed by atoms with Crippen LogP contribution in [0.4, 0.5) is 5.82 Å². The molecule has 3 aliphatic rings. The van der Waals surface area contributed by atoms with Gasteiger partial charge in [0.2, 0.25) is 0 Å². The predicted molar refractivity (Wildman–Crippen MR) is 113 cm³/mol. The Labute approximate surface area is 171 Å². The maximum Gasteiger partial charge on any atom is 0.147 e. The number of aromatic nitrogens is 2. The van der Waals surface area contributed by atoms with Crippen LogP contribution in [0.3, 0.4) is 0 Å². The number of hydrogen-bond donors (Lipinski definition) is 1. The van der Waals surface area contributed by atoms with Gasteiger partial charge in [-0.1, -0.05) is 29.7 Å². The minimum absolute atomic E-state index is 0.360. The van der Waals surface area contributed by atoms with Gasteiger partial charge in [0.1, 0.15) is 11.5 Å². The number of piperidine rings is 1. The molecule has 1 saturated carbocycles. The number of nitrogens with two attached hydrogens (primary N) is 1. The lowest BCUT2D eigenvalue weighted by molar-refractivity contribution is 0.197. The molecular weight excluding hydrogens is 370 g/mol. The van der Waals surface area contributed by atoms with Crippen LogP contribution < -0.4 is 10.6 Å². The molecule has 1 atom stereocenters. The fourth-order valence-corrected chi connectivity index (χ4v) is 5.31. The summed E-state index contributed by atoms with van der Waals surface area (Å²) in [5, 5.41) is 0.706. The summed E-state index contributed by atoms with van der Waals surface area (Å²) in [6.45, 7) is 4.65. The van der Waals surface area contributed by atoms with Crippen LogP contribution in [-0.2, 0) is 6.54 Å². The summed E-state index contributed by atoms with van der Waals surface area (Å²) in [6, 6.07) is 6.37. The summed E-state index contributed by atoms with van der Waals surface area (Å²) < 4.78 is 0. The molecule has 0 unspecified atom stereocenters. The number of anilines is 1. The van der Waals surface area contributed by atoms with Crippen LogP contribution in [0.1, 0.15) is 54.6 Å². The van der Waals surface area contributed by atoms with Gasteiger partial charge in [-0.05, 0) is 50.2 Å². The molecule has 1 saturated heterocycles. The van der Waals surface area contributed by atoms with Crippen molar-refractivity contribution < 1.29 is 0 Å². The molecule has 0 amide bonds. The second-order valence-electron chi connectivity index (χ2n) is 8.52. The van der Waals surface area contributed by atoms with E-state index in [9.17, 15) is 0 Å². The normalized spacial score (nSPS) is 23.2. The highest BCUT2D eigenvalue weighted by Crippen LogP contribution is 2.45. The zero-order chi connectivity index (χ0) is 19.3. The molecule has 0 radical (unpaired) electrons. The van der Waals surface area contributed by atoms with Crippen molar-refractivity contribution >= 4 is 23.1 Å². The van der Waals surface area contributed by atoms with E-state index in [-0.39, 0.29) is 0 Å². The van der Waals surface area contributed by atoms with E-state index in [0.717, 1.165) is 60.0 Å². The number of benzene rings is 1. The Morgan fingerprint density at radius 2 is 2.04 bits per heavy atom. The number of rotatable bonds is 2. The van der Waals surface area contributed by atoms with Crippen LogP contribution in [0.5, 0.6) is 0 Å². The van der Waals surface area contributed by atoms with Crippen molar-refractivity contribution in [3.8, 4) is 0 Å². The van der Waals surface area contributed by atoms with Gasteiger partial charge in [0.15, 0.2) is 0 Å². The minimum Gasteiger partial charge on any atom is -0.355 e. The summed E-state index contributed by atoms with van der Waals surface area (Å²) in [6.07, 6.45) is 7.96. The molecule has 146 valence electrons. The molecule has 28 heavy (non-hydrogen) atoms. The molecule has 1 aliphatic carbocycles. The van der Waals surface area contributed by atoms with E-state index in [1.807, 2.05) is 18.3 Å². The lowest BCUT2D eigenvalue weighted by Gasteiger charge is -2.42. The number of hydrogen-bond acceptors (Lipinski definition) is 5. The van der Waals surface area contributed by atoms with Crippen molar-refractivity contribution in [1.82, 2.24) is 9.97 Å². The average molecular weight is 396 g/mol. The average Bonchev–Trinajstić information content (AvgIpc) is 3.28. The molecule has 2 fully saturated rings. The van der Waals surface area contributed by atoms with Gasteiger partial charge in [0.25, 0.3) is 0 Å². The number of nitrogens with zero attached hydrogens (tertiary/aromatic N) is 4. The summed E-state index contributed by atoms with van der Waals surface area (Å²) in [4.78, 5) is 16.7. The van der Waals surface area contributed by atoms with Crippen LogP contribution in [-0.4, -0.2) is 34.8 Å². The maximum absolute atomic E-state index is 6.42. The molecule has 2 N–H and O–H groups in total. The first kappa shape index (κ1) is 18.1. The zero-order valence-corrected chi connectivity index (χ0v) is 17.0. The predicted octanol–water partition coefficient (Wildman–Crippen LogP) is 3.89. The smallest absolute Gasteiger partial charge is 0.147 e.